The molecule has 0 aliphatic rings. The minimum absolute atomic E-state index is 0.288. The van der Waals surface area contributed by atoms with Gasteiger partial charge in [-0.1, -0.05) is 23.2 Å². The van der Waals surface area contributed by atoms with E-state index in [1.807, 2.05) is 0 Å². The van der Waals surface area contributed by atoms with E-state index in [-0.39, 0.29) is 11.8 Å². The Balaban J connectivity index is 1.25. The van der Waals surface area contributed by atoms with Crippen molar-refractivity contribution in [2.45, 2.75) is 26.1 Å². The largest absolute Gasteiger partial charge is 0.481 e. The summed E-state index contributed by atoms with van der Waals surface area (Å²) in [7, 11) is 0. The normalized spacial score (nSPS) is 12.1. The minimum Gasteiger partial charge on any atom is -0.481 e. The van der Waals surface area contributed by atoms with Crippen molar-refractivity contribution in [2.75, 3.05) is 10.6 Å². The molecule has 4 rings (SSSR count). The van der Waals surface area contributed by atoms with Crippen LogP contribution in [-0.4, -0.2) is 24.0 Å². The van der Waals surface area contributed by atoms with Gasteiger partial charge in [-0.3, -0.25) is 9.59 Å². The number of halogens is 2. The lowest BCUT2D eigenvalue weighted by Gasteiger charge is -2.15. The summed E-state index contributed by atoms with van der Waals surface area (Å²) < 4.78 is 17.2. The molecule has 0 aliphatic carbocycles. The third-order valence-electron chi connectivity index (χ3n) is 5.47. The van der Waals surface area contributed by atoms with E-state index in [9.17, 15) is 9.59 Å². The van der Waals surface area contributed by atoms with Crippen LogP contribution in [0.15, 0.2) is 97.1 Å². The van der Waals surface area contributed by atoms with Crippen molar-refractivity contribution >= 4 is 46.4 Å². The van der Waals surface area contributed by atoms with Crippen LogP contribution in [0.3, 0.4) is 0 Å². The van der Waals surface area contributed by atoms with E-state index in [1.165, 1.54) is 0 Å². The Labute approximate surface area is 236 Å². The van der Waals surface area contributed by atoms with Crippen molar-refractivity contribution in [2.24, 2.45) is 0 Å². The zero-order chi connectivity index (χ0) is 27.8. The monoisotopic (exact) mass is 564 g/mol. The molecule has 0 saturated carbocycles. The number of carbonyl (C=O) groups is 2. The number of rotatable bonds is 10. The van der Waals surface area contributed by atoms with Crippen molar-refractivity contribution in [3.05, 3.63) is 107 Å². The topological polar surface area (TPSA) is 85.9 Å². The SMILES string of the molecule is CC(Oc1ccc(Cl)cc1)C(=O)Nc1ccc(Oc2ccc(NC(=O)C(C)Oc3ccc(Cl)cc3)cc2)cc1. The summed E-state index contributed by atoms with van der Waals surface area (Å²) in [5, 5.41) is 6.82. The van der Waals surface area contributed by atoms with E-state index >= 15 is 0 Å². The second kappa shape index (κ2) is 13.0. The van der Waals surface area contributed by atoms with Gasteiger partial charge >= 0.3 is 0 Å². The molecule has 2 amide bonds. The summed E-state index contributed by atoms with van der Waals surface area (Å²) in [6.07, 6.45) is -1.40. The third-order valence-corrected chi connectivity index (χ3v) is 5.97. The number of nitrogens with one attached hydrogen (secondary N) is 2. The van der Waals surface area contributed by atoms with Crippen molar-refractivity contribution in [1.82, 2.24) is 0 Å². The molecule has 4 aromatic rings. The third kappa shape index (κ3) is 8.40. The highest BCUT2D eigenvalue weighted by atomic mass is 35.5. The highest BCUT2D eigenvalue weighted by Gasteiger charge is 2.16. The molecule has 0 spiro atoms. The van der Waals surface area contributed by atoms with E-state index in [2.05, 4.69) is 10.6 Å². The first-order chi connectivity index (χ1) is 18.7. The van der Waals surface area contributed by atoms with Crippen molar-refractivity contribution < 1.29 is 23.8 Å². The number of ether oxygens (including phenoxy) is 3. The molecule has 0 bridgehead atoms. The van der Waals surface area contributed by atoms with Crippen LogP contribution in [0.25, 0.3) is 0 Å². The fourth-order valence-electron chi connectivity index (χ4n) is 3.38. The van der Waals surface area contributed by atoms with Gasteiger partial charge in [-0.15, -0.1) is 0 Å². The maximum Gasteiger partial charge on any atom is 0.265 e. The van der Waals surface area contributed by atoms with Gasteiger partial charge in [0, 0.05) is 21.4 Å². The summed E-state index contributed by atoms with van der Waals surface area (Å²) in [4.78, 5) is 25.0. The highest BCUT2D eigenvalue weighted by molar-refractivity contribution is 6.30. The molecule has 0 radical (unpaired) electrons. The van der Waals surface area contributed by atoms with Gasteiger partial charge in [-0.05, 0) is 111 Å². The zero-order valence-electron chi connectivity index (χ0n) is 21.2. The van der Waals surface area contributed by atoms with E-state index in [0.29, 0.717) is 44.4 Å². The molecule has 0 saturated heterocycles. The highest BCUT2D eigenvalue weighted by Crippen LogP contribution is 2.25. The quantitative estimate of drug-likeness (QED) is 0.207. The molecule has 0 aliphatic heterocycles. The van der Waals surface area contributed by atoms with Gasteiger partial charge in [0.05, 0.1) is 0 Å². The smallest absolute Gasteiger partial charge is 0.265 e. The van der Waals surface area contributed by atoms with E-state index in [0.717, 1.165) is 0 Å². The molecule has 39 heavy (non-hydrogen) atoms. The van der Waals surface area contributed by atoms with Crippen LogP contribution in [-0.2, 0) is 9.59 Å². The summed E-state index contributed by atoms with van der Waals surface area (Å²) in [6.45, 7) is 3.34. The van der Waals surface area contributed by atoms with Crippen LogP contribution in [0.1, 0.15) is 13.8 Å². The van der Waals surface area contributed by atoms with Gasteiger partial charge in [0.25, 0.3) is 11.8 Å². The summed E-state index contributed by atoms with van der Waals surface area (Å²) in [6, 6.07) is 27.5. The molecule has 2 unspecified atom stereocenters. The zero-order valence-corrected chi connectivity index (χ0v) is 22.7. The van der Waals surface area contributed by atoms with Crippen molar-refractivity contribution in [3.8, 4) is 23.0 Å². The van der Waals surface area contributed by atoms with Crippen LogP contribution in [0, 0.1) is 0 Å². The van der Waals surface area contributed by atoms with E-state index in [1.54, 1.807) is 111 Å². The number of hydrogen-bond acceptors (Lipinski definition) is 5. The fourth-order valence-corrected chi connectivity index (χ4v) is 3.63. The van der Waals surface area contributed by atoms with Gasteiger partial charge < -0.3 is 24.8 Å². The molecule has 7 nitrogen and oxygen atoms in total. The van der Waals surface area contributed by atoms with Gasteiger partial charge in [-0.25, -0.2) is 0 Å². The second-order valence-corrected chi connectivity index (χ2v) is 9.43. The molecule has 0 heterocycles. The molecule has 9 heteroatoms. The van der Waals surface area contributed by atoms with Gasteiger partial charge in [0.1, 0.15) is 23.0 Å². The molecule has 2 atom stereocenters. The number of hydrogen-bond donors (Lipinski definition) is 2. The standard InChI is InChI=1S/C30H26Cl2N2O5/c1-19(37-25-11-3-21(31)4-12-25)29(35)33-23-7-15-27(16-8-23)39-28-17-9-24(10-18-28)34-30(36)20(2)38-26-13-5-22(32)6-14-26/h3-20H,1-2H3,(H,33,35)(H,34,36). The predicted octanol–water partition coefficient (Wildman–Crippen LogP) is 7.60. The van der Waals surface area contributed by atoms with Crippen LogP contribution in [0.2, 0.25) is 10.0 Å². The van der Waals surface area contributed by atoms with Crippen LogP contribution in [0.4, 0.5) is 11.4 Å². The lowest BCUT2D eigenvalue weighted by molar-refractivity contribution is -0.122. The Kier molecular flexibility index (Phi) is 9.31. The number of amides is 2. The lowest BCUT2D eigenvalue weighted by Crippen LogP contribution is -2.30. The molecule has 200 valence electrons. The predicted molar refractivity (Wildman–Crippen MR) is 153 cm³/mol. The van der Waals surface area contributed by atoms with Crippen LogP contribution < -0.4 is 24.8 Å². The maximum absolute atomic E-state index is 12.5. The fraction of sp³-hybridized carbons (Fsp3) is 0.133. The van der Waals surface area contributed by atoms with Gasteiger partial charge in [0.15, 0.2) is 12.2 Å². The first kappa shape index (κ1) is 27.8. The Morgan fingerprint density at radius 3 is 1.18 bits per heavy atom. The second-order valence-electron chi connectivity index (χ2n) is 8.56. The molecule has 0 fully saturated rings. The van der Waals surface area contributed by atoms with Gasteiger partial charge in [-0.2, -0.15) is 0 Å². The van der Waals surface area contributed by atoms with Crippen molar-refractivity contribution in [1.29, 1.82) is 0 Å². The van der Waals surface area contributed by atoms with E-state index < -0.39 is 12.2 Å². The Hall–Kier alpha value is -4.20. The molecular formula is C30H26Cl2N2O5. The van der Waals surface area contributed by atoms with Crippen molar-refractivity contribution in [3.63, 3.8) is 0 Å². The summed E-state index contributed by atoms with van der Waals surface area (Å²) >= 11 is 11.8. The van der Waals surface area contributed by atoms with Crippen LogP contribution >= 0.6 is 23.2 Å². The number of benzene rings is 4. The summed E-state index contributed by atoms with van der Waals surface area (Å²) in [5.74, 6) is 1.70. The number of carbonyl (C=O) groups excluding carboxylic acids is 2. The molecular weight excluding hydrogens is 539 g/mol. The molecule has 2 N–H and O–H groups in total. The van der Waals surface area contributed by atoms with Gasteiger partial charge in [0.2, 0.25) is 0 Å². The lowest BCUT2D eigenvalue weighted by atomic mass is 10.2. The Morgan fingerprint density at radius 2 is 0.846 bits per heavy atom. The Morgan fingerprint density at radius 1 is 0.538 bits per heavy atom. The van der Waals surface area contributed by atoms with E-state index in [4.69, 9.17) is 37.4 Å². The molecule has 0 aromatic heterocycles. The maximum atomic E-state index is 12.5. The summed E-state index contributed by atoms with van der Waals surface area (Å²) in [5.41, 5.74) is 1.21. The van der Waals surface area contributed by atoms with Crippen LogP contribution in [0.5, 0.6) is 23.0 Å². The average Bonchev–Trinajstić information content (AvgIpc) is 2.93. The average molecular weight is 565 g/mol. The molecule has 4 aromatic carbocycles. The Bertz CT molecular complexity index is 1280. The minimum atomic E-state index is -0.701. The number of anilines is 2. The first-order valence-corrected chi connectivity index (χ1v) is 12.8. The first-order valence-electron chi connectivity index (χ1n) is 12.1.